The molecular formula is C10H19N3O. The molecule has 0 spiro atoms. The molecule has 2 rings (SSSR count). The Morgan fingerprint density at radius 1 is 0.714 bits per heavy atom. The molecule has 0 radical (unpaired) electrons. The van der Waals surface area contributed by atoms with E-state index in [0.717, 1.165) is 32.6 Å². The number of amides is 1. The zero-order valence-corrected chi connectivity index (χ0v) is 8.69. The van der Waals surface area contributed by atoms with Crippen LogP contribution in [0, 0.1) is 0 Å². The van der Waals surface area contributed by atoms with E-state index in [1.54, 1.807) is 0 Å². The van der Waals surface area contributed by atoms with Crippen molar-refractivity contribution in [3.8, 4) is 0 Å². The number of piperidine rings is 1. The molecule has 2 fully saturated rings. The first kappa shape index (κ1) is 9.93. The largest absolute Gasteiger partial charge is 0.343 e. The summed E-state index contributed by atoms with van der Waals surface area (Å²) in [6.07, 6.45) is 5.00. The second kappa shape index (κ2) is 4.75. The molecule has 4 nitrogen and oxygen atoms in total. The molecule has 0 aromatic carbocycles. The van der Waals surface area contributed by atoms with Crippen molar-refractivity contribution in [2.24, 2.45) is 0 Å². The van der Waals surface area contributed by atoms with Gasteiger partial charge in [-0.15, -0.1) is 0 Å². The fourth-order valence-electron chi connectivity index (χ4n) is 2.26. The van der Waals surface area contributed by atoms with Crippen LogP contribution < -0.4 is 0 Å². The summed E-state index contributed by atoms with van der Waals surface area (Å²) in [6.45, 7) is 6.22. The predicted molar refractivity (Wildman–Crippen MR) is 54.6 cm³/mol. The van der Waals surface area contributed by atoms with E-state index >= 15 is 0 Å². The molecule has 4 heteroatoms. The lowest BCUT2D eigenvalue weighted by molar-refractivity contribution is -0.124. The Morgan fingerprint density at radius 2 is 1.29 bits per heavy atom. The van der Waals surface area contributed by atoms with Gasteiger partial charge in [0.15, 0.2) is 0 Å². The normalized spacial score (nSPS) is 26.4. The Balaban J connectivity index is 1.78. The number of hydrogen-bond donors (Lipinski definition) is 0. The van der Waals surface area contributed by atoms with Gasteiger partial charge in [0.25, 0.3) is 0 Å². The lowest BCUT2D eigenvalue weighted by atomic mass is 10.1. The van der Waals surface area contributed by atoms with Crippen LogP contribution in [0.1, 0.15) is 19.3 Å². The highest BCUT2D eigenvalue weighted by Crippen LogP contribution is 2.13. The maximum Gasteiger partial charge on any atom is 0.209 e. The molecule has 0 N–H and O–H groups in total. The van der Waals surface area contributed by atoms with Crippen LogP contribution in [-0.2, 0) is 4.79 Å². The monoisotopic (exact) mass is 197 g/mol. The molecule has 2 aliphatic heterocycles. The number of nitrogens with zero attached hydrogens (tertiary/aromatic N) is 3. The minimum atomic E-state index is 0.889. The minimum absolute atomic E-state index is 0.889. The SMILES string of the molecule is O=CN1CCN(N2CCCCC2)CC1. The van der Waals surface area contributed by atoms with E-state index in [4.69, 9.17) is 0 Å². The lowest BCUT2D eigenvalue weighted by Gasteiger charge is -2.41. The zero-order chi connectivity index (χ0) is 9.80. The number of carbonyl (C=O) groups is 1. The van der Waals surface area contributed by atoms with Crippen LogP contribution in [0.25, 0.3) is 0 Å². The van der Waals surface area contributed by atoms with Crippen LogP contribution in [0.5, 0.6) is 0 Å². The van der Waals surface area contributed by atoms with Gasteiger partial charge in [-0.25, -0.2) is 10.0 Å². The summed E-state index contributed by atoms with van der Waals surface area (Å²) < 4.78 is 0. The smallest absolute Gasteiger partial charge is 0.209 e. The summed E-state index contributed by atoms with van der Waals surface area (Å²) in [6, 6.07) is 0. The third-order valence-corrected chi connectivity index (χ3v) is 3.17. The predicted octanol–water partition coefficient (Wildman–Crippen LogP) is 0.161. The molecule has 2 aliphatic rings. The molecule has 0 aromatic rings. The molecule has 1 amide bonds. The Hall–Kier alpha value is -0.610. The average molecular weight is 197 g/mol. The first-order valence-electron chi connectivity index (χ1n) is 5.59. The van der Waals surface area contributed by atoms with E-state index in [1.165, 1.54) is 32.4 Å². The minimum Gasteiger partial charge on any atom is -0.343 e. The Labute approximate surface area is 85.4 Å². The molecule has 2 heterocycles. The molecule has 2 saturated heterocycles. The highest BCUT2D eigenvalue weighted by atomic mass is 16.1. The average Bonchev–Trinajstić information content (AvgIpc) is 2.30. The van der Waals surface area contributed by atoms with Crippen molar-refractivity contribution >= 4 is 6.41 Å². The summed E-state index contributed by atoms with van der Waals surface area (Å²) in [5.74, 6) is 0. The van der Waals surface area contributed by atoms with Crippen molar-refractivity contribution in [2.45, 2.75) is 19.3 Å². The van der Waals surface area contributed by atoms with E-state index < -0.39 is 0 Å². The van der Waals surface area contributed by atoms with E-state index in [9.17, 15) is 4.79 Å². The van der Waals surface area contributed by atoms with Crippen LogP contribution >= 0.6 is 0 Å². The van der Waals surface area contributed by atoms with Crippen LogP contribution in [0.2, 0.25) is 0 Å². The maximum atomic E-state index is 10.5. The maximum absolute atomic E-state index is 10.5. The molecule has 0 unspecified atom stereocenters. The number of rotatable bonds is 2. The van der Waals surface area contributed by atoms with Crippen LogP contribution in [0.15, 0.2) is 0 Å². The number of piperazine rings is 1. The summed E-state index contributed by atoms with van der Waals surface area (Å²) in [5, 5.41) is 4.88. The van der Waals surface area contributed by atoms with Gasteiger partial charge in [-0.05, 0) is 12.8 Å². The molecule has 0 atom stereocenters. The summed E-state index contributed by atoms with van der Waals surface area (Å²) in [5.41, 5.74) is 0. The van der Waals surface area contributed by atoms with Gasteiger partial charge >= 0.3 is 0 Å². The van der Waals surface area contributed by atoms with Crippen LogP contribution in [-0.4, -0.2) is 60.6 Å². The van der Waals surface area contributed by atoms with Gasteiger partial charge in [-0.2, -0.15) is 0 Å². The van der Waals surface area contributed by atoms with Crippen molar-refractivity contribution in [3.05, 3.63) is 0 Å². The lowest BCUT2D eigenvalue weighted by Crippen LogP contribution is -2.54. The van der Waals surface area contributed by atoms with E-state index in [1.807, 2.05) is 4.90 Å². The topological polar surface area (TPSA) is 26.8 Å². The van der Waals surface area contributed by atoms with E-state index in [0.29, 0.717) is 0 Å². The van der Waals surface area contributed by atoms with Gasteiger partial charge in [0.1, 0.15) is 0 Å². The molecule has 0 bridgehead atoms. The van der Waals surface area contributed by atoms with Gasteiger partial charge < -0.3 is 4.90 Å². The number of carbonyl (C=O) groups excluding carboxylic acids is 1. The highest BCUT2D eigenvalue weighted by Gasteiger charge is 2.22. The van der Waals surface area contributed by atoms with E-state index in [-0.39, 0.29) is 0 Å². The standard InChI is InChI=1S/C10H19N3O/c14-10-11-6-8-13(9-7-11)12-4-2-1-3-5-12/h10H,1-9H2. The summed E-state index contributed by atoms with van der Waals surface area (Å²) in [7, 11) is 0. The Morgan fingerprint density at radius 3 is 1.86 bits per heavy atom. The fraction of sp³-hybridized carbons (Fsp3) is 0.900. The summed E-state index contributed by atoms with van der Waals surface area (Å²) in [4.78, 5) is 12.4. The number of hydrogen-bond acceptors (Lipinski definition) is 3. The van der Waals surface area contributed by atoms with Gasteiger partial charge in [0, 0.05) is 39.3 Å². The first-order chi connectivity index (χ1) is 6.90. The molecule has 0 saturated carbocycles. The van der Waals surface area contributed by atoms with Crippen molar-refractivity contribution in [3.63, 3.8) is 0 Å². The molecule has 80 valence electrons. The summed E-state index contributed by atoms with van der Waals surface area (Å²) >= 11 is 0. The Kier molecular flexibility index (Phi) is 3.37. The van der Waals surface area contributed by atoms with Crippen molar-refractivity contribution < 1.29 is 4.79 Å². The van der Waals surface area contributed by atoms with Crippen molar-refractivity contribution in [2.75, 3.05) is 39.3 Å². The van der Waals surface area contributed by atoms with Crippen molar-refractivity contribution in [1.29, 1.82) is 0 Å². The number of hydrazine groups is 1. The Bertz CT molecular complexity index is 184. The van der Waals surface area contributed by atoms with Gasteiger partial charge in [-0.3, -0.25) is 4.79 Å². The zero-order valence-electron chi connectivity index (χ0n) is 8.69. The third-order valence-electron chi connectivity index (χ3n) is 3.17. The second-order valence-corrected chi connectivity index (χ2v) is 4.11. The van der Waals surface area contributed by atoms with E-state index in [2.05, 4.69) is 10.0 Å². The van der Waals surface area contributed by atoms with Gasteiger partial charge in [-0.1, -0.05) is 6.42 Å². The first-order valence-corrected chi connectivity index (χ1v) is 5.59. The van der Waals surface area contributed by atoms with Gasteiger partial charge in [0.05, 0.1) is 0 Å². The van der Waals surface area contributed by atoms with Crippen LogP contribution in [0.4, 0.5) is 0 Å². The quantitative estimate of drug-likeness (QED) is 0.590. The molecular weight excluding hydrogens is 178 g/mol. The fourth-order valence-corrected chi connectivity index (χ4v) is 2.26. The molecule has 14 heavy (non-hydrogen) atoms. The second-order valence-electron chi connectivity index (χ2n) is 4.11. The molecule has 0 aromatic heterocycles. The van der Waals surface area contributed by atoms with Gasteiger partial charge in [0.2, 0.25) is 6.41 Å². The third kappa shape index (κ3) is 2.25. The van der Waals surface area contributed by atoms with Crippen molar-refractivity contribution in [1.82, 2.24) is 14.9 Å². The molecule has 0 aliphatic carbocycles. The highest BCUT2D eigenvalue weighted by molar-refractivity contribution is 5.47. The van der Waals surface area contributed by atoms with Crippen LogP contribution in [0.3, 0.4) is 0 Å².